The number of carbonyl (C=O) groups excluding carboxylic acids is 1. The van der Waals surface area contributed by atoms with E-state index in [1.54, 1.807) is 0 Å². The van der Waals surface area contributed by atoms with Gasteiger partial charge in [-0.2, -0.15) is 0 Å². The predicted octanol–water partition coefficient (Wildman–Crippen LogP) is 4.94. The van der Waals surface area contributed by atoms with Gasteiger partial charge in [-0.05, 0) is 56.9 Å². The van der Waals surface area contributed by atoms with Crippen LogP contribution in [0.15, 0.2) is 30.3 Å². The molecule has 0 aliphatic heterocycles. The van der Waals surface area contributed by atoms with Gasteiger partial charge in [0, 0.05) is 6.42 Å². The van der Waals surface area contributed by atoms with Crippen molar-refractivity contribution in [2.45, 2.75) is 64.9 Å². The largest absolute Gasteiger partial charge is 0.460 e. The second kappa shape index (κ2) is 6.64. The summed E-state index contributed by atoms with van der Waals surface area (Å²) in [6.45, 7) is 8.06. The van der Waals surface area contributed by atoms with Gasteiger partial charge in [-0.15, -0.1) is 0 Å². The fourth-order valence-electron chi connectivity index (χ4n) is 3.68. The Morgan fingerprint density at radius 2 is 1.76 bits per heavy atom. The first kappa shape index (κ1) is 16.1. The maximum absolute atomic E-state index is 12.2. The molecule has 0 N–H and O–H groups in total. The lowest BCUT2D eigenvalue weighted by Gasteiger charge is -2.26. The Morgan fingerprint density at radius 3 is 2.33 bits per heavy atom. The van der Waals surface area contributed by atoms with Crippen LogP contribution in [-0.4, -0.2) is 11.6 Å². The number of ether oxygens (including phenoxy) is 1. The lowest BCUT2D eigenvalue weighted by molar-refractivity contribution is -0.156. The Morgan fingerprint density at radius 1 is 1.14 bits per heavy atom. The minimum Gasteiger partial charge on any atom is -0.460 e. The highest BCUT2D eigenvalue weighted by atomic mass is 16.6. The second-order valence-electron chi connectivity index (χ2n) is 7.23. The first-order chi connectivity index (χ1) is 9.90. The molecule has 1 saturated carbocycles. The zero-order valence-corrected chi connectivity index (χ0v) is 13.8. The molecule has 0 saturated heterocycles. The van der Waals surface area contributed by atoms with Gasteiger partial charge in [-0.25, -0.2) is 0 Å². The molecule has 2 rings (SSSR count). The molecule has 0 unspecified atom stereocenters. The van der Waals surface area contributed by atoms with Gasteiger partial charge in [0.05, 0.1) is 0 Å². The Balaban J connectivity index is 2.09. The van der Waals surface area contributed by atoms with E-state index < -0.39 is 0 Å². The second-order valence-corrected chi connectivity index (χ2v) is 7.23. The quantitative estimate of drug-likeness (QED) is 0.734. The summed E-state index contributed by atoms with van der Waals surface area (Å²) in [5.74, 6) is 1.57. The molecule has 2 nitrogen and oxygen atoms in total. The van der Waals surface area contributed by atoms with Crippen LogP contribution in [0.25, 0.3) is 0 Å². The van der Waals surface area contributed by atoms with Gasteiger partial charge in [0.1, 0.15) is 5.60 Å². The zero-order chi connectivity index (χ0) is 15.5. The summed E-state index contributed by atoms with van der Waals surface area (Å²) < 4.78 is 5.51. The van der Waals surface area contributed by atoms with Crippen molar-refractivity contribution in [3.8, 4) is 0 Å². The zero-order valence-electron chi connectivity index (χ0n) is 13.8. The van der Waals surface area contributed by atoms with Crippen molar-refractivity contribution < 1.29 is 9.53 Å². The van der Waals surface area contributed by atoms with Crippen LogP contribution < -0.4 is 0 Å². The van der Waals surface area contributed by atoms with Crippen molar-refractivity contribution in [3.05, 3.63) is 35.9 Å². The summed E-state index contributed by atoms with van der Waals surface area (Å²) in [5, 5.41) is 0. The summed E-state index contributed by atoms with van der Waals surface area (Å²) in [4.78, 5) is 12.2. The number of hydrogen-bond donors (Lipinski definition) is 0. The third kappa shape index (κ3) is 4.33. The average molecular weight is 288 g/mol. The van der Waals surface area contributed by atoms with Gasteiger partial charge in [0.2, 0.25) is 0 Å². The van der Waals surface area contributed by atoms with Crippen molar-refractivity contribution in [2.24, 2.45) is 11.8 Å². The van der Waals surface area contributed by atoms with Crippen LogP contribution in [0.2, 0.25) is 0 Å². The molecule has 1 aromatic carbocycles. The van der Waals surface area contributed by atoms with E-state index in [2.05, 4.69) is 37.3 Å². The predicted molar refractivity (Wildman–Crippen MR) is 86.2 cm³/mol. The van der Waals surface area contributed by atoms with Crippen LogP contribution in [0, 0.1) is 11.8 Å². The van der Waals surface area contributed by atoms with E-state index in [4.69, 9.17) is 4.74 Å². The molecule has 0 radical (unpaired) electrons. The van der Waals surface area contributed by atoms with Gasteiger partial charge in [0.25, 0.3) is 0 Å². The van der Waals surface area contributed by atoms with Crippen molar-refractivity contribution in [2.75, 3.05) is 0 Å². The molecule has 116 valence electrons. The molecule has 21 heavy (non-hydrogen) atoms. The van der Waals surface area contributed by atoms with Crippen LogP contribution >= 0.6 is 0 Å². The smallest absolute Gasteiger partial charge is 0.306 e. The molecule has 1 aromatic rings. The van der Waals surface area contributed by atoms with Gasteiger partial charge in [-0.3, -0.25) is 4.79 Å². The molecular formula is C19H28O2. The third-order valence-electron chi connectivity index (χ3n) is 4.48. The summed E-state index contributed by atoms with van der Waals surface area (Å²) in [7, 11) is 0. The molecule has 2 heteroatoms. The molecule has 3 atom stereocenters. The van der Waals surface area contributed by atoms with Gasteiger partial charge in [-0.1, -0.05) is 43.7 Å². The van der Waals surface area contributed by atoms with E-state index in [1.807, 2.05) is 20.8 Å². The van der Waals surface area contributed by atoms with Crippen molar-refractivity contribution in [1.29, 1.82) is 0 Å². The number of hydrogen-bond acceptors (Lipinski definition) is 2. The number of rotatable bonds is 4. The molecule has 0 aromatic heterocycles. The van der Waals surface area contributed by atoms with E-state index in [1.165, 1.54) is 18.4 Å². The summed E-state index contributed by atoms with van der Waals surface area (Å²) in [6, 6.07) is 10.7. The first-order valence-corrected chi connectivity index (χ1v) is 8.17. The lowest BCUT2D eigenvalue weighted by atomic mass is 9.81. The lowest BCUT2D eigenvalue weighted by Crippen LogP contribution is -2.26. The molecule has 0 bridgehead atoms. The summed E-state index contributed by atoms with van der Waals surface area (Å²) in [5.41, 5.74) is 0.998. The molecule has 1 aliphatic rings. The average Bonchev–Trinajstić information content (AvgIpc) is 2.80. The first-order valence-electron chi connectivity index (χ1n) is 8.17. The van der Waals surface area contributed by atoms with Gasteiger partial charge >= 0.3 is 5.97 Å². The van der Waals surface area contributed by atoms with E-state index >= 15 is 0 Å². The van der Waals surface area contributed by atoms with Crippen molar-refractivity contribution in [3.63, 3.8) is 0 Å². The fraction of sp³-hybridized carbons (Fsp3) is 0.632. The molecule has 0 spiro atoms. The van der Waals surface area contributed by atoms with Gasteiger partial charge < -0.3 is 4.74 Å². The number of esters is 1. The molecule has 0 heterocycles. The maximum atomic E-state index is 12.2. The third-order valence-corrected chi connectivity index (χ3v) is 4.48. The molecule has 0 amide bonds. The normalized spacial score (nSPS) is 25.8. The topological polar surface area (TPSA) is 26.3 Å². The van der Waals surface area contributed by atoms with Crippen molar-refractivity contribution in [1.82, 2.24) is 0 Å². The van der Waals surface area contributed by atoms with Crippen LogP contribution in [0.3, 0.4) is 0 Å². The van der Waals surface area contributed by atoms with Gasteiger partial charge in [0.15, 0.2) is 0 Å². The summed E-state index contributed by atoms with van der Waals surface area (Å²) in [6.07, 6.45) is 4.10. The Hall–Kier alpha value is -1.31. The maximum Gasteiger partial charge on any atom is 0.306 e. The van der Waals surface area contributed by atoms with Crippen LogP contribution in [-0.2, 0) is 9.53 Å². The monoisotopic (exact) mass is 288 g/mol. The van der Waals surface area contributed by atoms with E-state index in [-0.39, 0.29) is 11.6 Å². The molecular weight excluding hydrogens is 260 g/mol. The standard InChI is InChI=1S/C19H28O2/c1-5-14-11-12-16(13-17(20)21-19(2,3)4)18(14)15-9-7-6-8-10-15/h6-10,14,16,18H,5,11-13H2,1-4H3/t14-,16-,18-/m0/s1. The van der Waals surface area contributed by atoms with E-state index in [9.17, 15) is 4.79 Å². The SMILES string of the molecule is CC[C@H]1CC[C@@H](CC(=O)OC(C)(C)C)[C@@H]1c1ccccc1. The van der Waals surface area contributed by atoms with E-state index in [0.717, 1.165) is 6.42 Å². The van der Waals surface area contributed by atoms with Crippen LogP contribution in [0.4, 0.5) is 0 Å². The Kier molecular flexibility index (Phi) is 5.08. The minimum atomic E-state index is -0.387. The molecule has 1 aliphatic carbocycles. The van der Waals surface area contributed by atoms with E-state index in [0.29, 0.717) is 24.2 Å². The Labute approximate surface area is 128 Å². The van der Waals surface area contributed by atoms with Crippen LogP contribution in [0.1, 0.15) is 64.9 Å². The minimum absolute atomic E-state index is 0.0508. The summed E-state index contributed by atoms with van der Waals surface area (Å²) >= 11 is 0. The number of carbonyl (C=O) groups is 1. The van der Waals surface area contributed by atoms with Crippen LogP contribution in [0.5, 0.6) is 0 Å². The highest BCUT2D eigenvalue weighted by Gasteiger charge is 2.37. The highest BCUT2D eigenvalue weighted by molar-refractivity contribution is 5.70. The molecule has 1 fully saturated rings. The number of benzene rings is 1. The Bertz CT molecular complexity index is 458. The fourth-order valence-corrected chi connectivity index (χ4v) is 3.68. The highest BCUT2D eigenvalue weighted by Crippen LogP contribution is 2.47. The van der Waals surface area contributed by atoms with Crippen molar-refractivity contribution >= 4 is 5.97 Å².